The summed E-state index contributed by atoms with van der Waals surface area (Å²) in [4.78, 5) is 12.5. The van der Waals surface area contributed by atoms with Crippen LogP contribution in [0.1, 0.15) is 58.2 Å². The molecule has 2 bridgehead atoms. The van der Waals surface area contributed by atoms with Crippen LogP contribution < -0.4 is 5.32 Å². The van der Waals surface area contributed by atoms with Gasteiger partial charge in [0.15, 0.2) is 0 Å². The van der Waals surface area contributed by atoms with Crippen LogP contribution in [0.4, 0.5) is 0 Å². The molecule has 2 aromatic carbocycles. The average Bonchev–Trinajstić information content (AvgIpc) is 3.08. The second-order valence-electron chi connectivity index (χ2n) is 8.11. The van der Waals surface area contributed by atoms with E-state index in [9.17, 15) is 4.79 Å². The summed E-state index contributed by atoms with van der Waals surface area (Å²) in [6, 6.07) is 17.6. The van der Waals surface area contributed by atoms with Gasteiger partial charge in [-0.05, 0) is 59.5 Å². The Kier molecular flexibility index (Phi) is 4.67. The molecule has 0 aliphatic heterocycles. The Balaban J connectivity index is 1.30. The standard InChI is InChI=1S/C24H23ClN2O2/c1-14-16(24(25)29-27-14)10-11-22(28)26-13-15-12-21-17-6-2-4-8-19(17)23(15)20-9-5-3-7-18(20)21/h2-9,15,21,23H,10-13H2,1H3,(H,26,28). The minimum Gasteiger partial charge on any atom is -0.356 e. The number of carbonyl (C=O) groups is 1. The van der Waals surface area contributed by atoms with Crippen LogP contribution in [0.15, 0.2) is 53.1 Å². The number of aryl methyl sites for hydroxylation is 1. The van der Waals surface area contributed by atoms with Crippen molar-refractivity contribution in [3.05, 3.63) is 87.3 Å². The predicted molar refractivity (Wildman–Crippen MR) is 112 cm³/mol. The maximum Gasteiger partial charge on any atom is 0.229 e. The molecule has 0 spiro atoms. The summed E-state index contributed by atoms with van der Waals surface area (Å²) < 4.78 is 4.97. The van der Waals surface area contributed by atoms with Crippen molar-refractivity contribution in [2.24, 2.45) is 5.92 Å². The monoisotopic (exact) mass is 406 g/mol. The van der Waals surface area contributed by atoms with E-state index in [0.29, 0.717) is 37.1 Å². The van der Waals surface area contributed by atoms with Crippen LogP contribution >= 0.6 is 11.6 Å². The van der Waals surface area contributed by atoms with Crippen molar-refractivity contribution < 1.29 is 9.32 Å². The lowest BCUT2D eigenvalue weighted by Crippen LogP contribution is -2.39. The Hall–Kier alpha value is -2.59. The fourth-order valence-electron chi connectivity index (χ4n) is 5.17. The Morgan fingerprint density at radius 1 is 1.10 bits per heavy atom. The number of rotatable bonds is 5. The van der Waals surface area contributed by atoms with Gasteiger partial charge in [-0.25, -0.2) is 0 Å². The molecule has 1 unspecified atom stereocenters. The molecule has 3 aliphatic carbocycles. The lowest BCUT2D eigenvalue weighted by Gasteiger charge is -2.45. The summed E-state index contributed by atoms with van der Waals surface area (Å²) in [5.41, 5.74) is 7.33. The molecule has 6 rings (SSSR count). The molecule has 0 fully saturated rings. The van der Waals surface area contributed by atoms with E-state index in [4.69, 9.17) is 16.1 Å². The van der Waals surface area contributed by atoms with Gasteiger partial charge in [0.2, 0.25) is 11.1 Å². The molecule has 1 aromatic heterocycles. The Bertz CT molecular complexity index is 1010. The summed E-state index contributed by atoms with van der Waals surface area (Å²) in [5.74, 6) is 1.23. The number of halogens is 1. The van der Waals surface area contributed by atoms with Crippen molar-refractivity contribution in [1.29, 1.82) is 0 Å². The van der Waals surface area contributed by atoms with Gasteiger partial charge >= 0.3 is 0 Å². The smallest absolute Gasteiger partial charge is 0.229 e. The molecule has 1 heterocycles. The molecule has 5 heteroatoms. The number of amides is 1. The number of aromatic nitrogens is 1. The molecule has 0 saturated heterocycles. The second-order valence-corrected chi connectivity index (χ2v) is 8.45. The lowest BCUT2D eigenvalue weighted by molar-refractivity contribution is -0.121. The lowest BCUT2D eigenvalue weighted by atomic mass is 9.59. The van der Waals surface area contributed by atoms with Gasteiger partial charge in [0.1, 0.15) is 0 Å². The number of hydrogen-bond donors (Lipinski definition) is 1. The summed E-state index contributed by atoms with van der Waals surface area (Å²) in [5, 5.41) is 7.30. The largest absolute Gasteiger partial charge is 0.356 e. The Labute approximate surface area is 175 Å². The van der Waals surface area contributed by atoms with Gasteiger partial charge in [0.05, 0.1) is 5.69 Å². The number of nitrogens with zero attached hydrogens (tertiary/aromatic N) is 1. The maximum absolute atomic E-state index is 12.5. The molecule has 1 amide bonds. The molecule has 0 radical (unpaired) electrons. The van der Waals surface area contributed by atoms with Gasteiger partial charge in [-0.1, -0.05) is 53.7 Å². The summed E-state index contributed by atoms with van der Waals surface area (Å²) in [6.45, 7) is 2.54. The van der Waals surface area contributed by atoms with Crippen molar-refractivity contribution in [1.82, 2.24) is 10.5 Å². The Morgan fingerprint density at radius 3 is 2.31 bits per heavy atom. The zero-order valence-corrected chi connectivity index (χ0v) is 17.1. The van der Waals surface area contributed by atoms with E-state index in [-0.39, 0.29) is 11.1 Å². The highest BCUT2D eigenvalue weighted by molar-refractivity contribution is 6.29. The predicted octanol–water partition coefficient (Wildman–Crippen LogP) is 4.98. The van der Waals surface area contributed by atoms with E-state index < -0.39 is 0 Å². The number of fused-ring (bicyclic) bond motifs is 1. The minimum atomic E-state index is 0.0460. The quantitative estimate of drug-likeness (QED) is 0.649. The van der Waals surface area contributed by atoms with E-state index in [1.165, 1.54) is 22.3 Å². The third-order valence-electron chi connectivity index (χ3n) is 6.52. The van der Waals surface area contributed by atoms with Crippen LogP contribution in [0.2, 0.25) is 5.22 Å². The van der Waals surface area contributed by atoms with Crippen molar-refractivity contribution in [3.63, 3.8) is 0 Å². The summed E-state index contributed by atoms with van der Waals surface area (Å²) >= 11 is 6.00. The fraction of sp³-hybridized carbons (Fsp3) is 0.333. The number of nitrogens with one attached hydrogen (secondary N) is 1. The number of hydrogen-bond acceptors (Lipinski definition) is 3. The van der Waals surface area contributed by atoms with Crippen LogP contribution in [0.5, 0.6) is 0 Å². The molecule has 29 heavy (non-hydrogen) atoms. The summed E-state index contributed by atoms with van der Waals surface area (Å²) in [6.07, 6.45) is 2.01. The zero-order valence-electron chi connectivity index (χ0n) is 16.3. The number of carbonyl (C=O) groups excluding carboxylic acids is 1. The van der Waals surface area contributed by atoms with Gasteiger partial charge in [-0.3, -0.25) is 4.79 Å². The highest BCUT2D eigenvalue weighted by Gasteiger charge is 2.42. The van der Waals surface area contributed by atoms with Crippen LogP contribution in [0, 0.1) is 12.8 Å². The molecule has 1 N–H and O–H groups in total. The average molecular weight is 407 g/mol. The van der Waals surface area contributed by atoms with Crippen molar-refractivity contribution in [2.45, 2.75) is 38.0 Å². The topological polar surface area (TPSA) is 55.1 Å². The molecule has 3 aliphatic rings. The minimum absolute atomic E-state index is 0.0460. The zero-order chi connectivity index (χ0) is 20.0. The van der Waals surface area contributed by atoms with Gasteiger partial charge < -0.3 is 9.84 Å². The van der Waals surface area contributed by atoms with Crippen LogP contribution in [0.3, 0.4) is 0 Å². The maximum atomic E-state index is 12.5. The molecule has 1 atom stereocenters. The van der Waals surface area contributed by atoms with Crippen molar-refractivity contribution in [2.75, 3.05) is 6.54 Å². The highest BCUT2D eigenvalue weighted by Crippen LogP contribution is 2.55. The van der Waals surface area contributed by atoms with Crippen molar-refractivity contribution >= 4 is 17.5 Å². The number of benzene rings is 2. The van der Waals surface area contributed by atoms with E-state index >= 15 is 0 Å². The first-order chi connectivity index (χ1) is 14.1. The molecular formula is C24H23ClN2O2. The van der Waals surface area contributed by atoms with Crippen LogP contribution in [-0.2, 0) is 11.2 Å². The first kappa shape index (κ1) is 18.4. The summed E-state index contributed by atoms with van der Waals surface area (Å²) in [7, 11) is 0. The molecule has 148 valence electrons. The van der Waals surface area contributed by atoms with Gasteiger partial charge in [-0.15, -0.1) is 0 Å². The molecule has 4 nitrogen and oxygen atoms in total. The van der Waals surface area contributed by atoms with E-state index in [1.54, 1.807) is 0 Å². The second kappa shape index (κ2) is 7.34. The molecule has 3 aromatic rings. The molecule has 0 saturated carbocycles. The van der Waals surface area contributed by atoms with E-state index in [0.717, 1.165) is 17.7 Å². The van der Waals surface area contributed by atoms with Gasteiger partial charge in [0.25, 0.3) is 0 Å². The van der Waals surface area contributed by atoms with Crippen molar-refractivity contribution in [3.8, 4) is 0 Å². The molecular weight excluding hydrogens is 384 g/mol. The third-order valence-corrected chi connectivity index (χ3v) is 6.82. The third kappa shape index (κ3) is 3.16. The first-order valence-electron chi connectivity index (χ1n) is 10.2. The highest BCUT2D eigenvalue weighted by atomic mass is 35.5. The van der Waals surface area contributed by atoms with Gasteiger partial charge in [-0.2, -0.15) is 0 Å². The Morgan fingerprint density at radius 2 is 1.72 bits per heavy atom. The van der Waals surface area contributed by atoms with E-state index in [1.807, 2.05) is 6.92 Å². The van der Waals surface area contributed by atoms with Crippen LogP contribution in [-0.4, -0.2) is 17.6 Å². The van der Waals surface area contributed by atoms with Gasteiger partial charge in [0, 0.05) is 30.4 Å². The SMILES string of the molecule is Cc1noc(Cl)c1CCC(=O)NCC1CC2c3ccccc3C1c1ccccc12. The normalized spacial score (nSPS) is 21.5. The fourth-order valence-corrected chi connectivity index (χ4v) is 5.44. The van der Waals surface area contributed by atoms with Crippen LogP contribution in [0.25, 0.3) is 0 Å². The first-order valence-corrected chi connectivity index (χ1v) is 10.6. The van der Waals surface area contributed by atoms with E-state index in [2.05, 4.69) is 59.0 Å².